The number of hydrogen-bond acceptors (Lipinski definition) is 4. The highest BCUT2D eigenvalue weighted by molar-refractivity contribution is 5.90. The van der Waals surface area contributed by atoms with Gasteiger partial charge in [-0.1, -0.05) is 62.1 Å². The molecule has 3 aliphatic heterocycles. The highest BCUT2D eigenvalue weighted by atomic mass is 16.5. The summed E-state index contributed by atoms with van der Waals surface area (Å²) in [5.74, 6) is 0.939. The van der Waals surface area contributed by atoms with E-state index < -0.39 is 5.41 Å². The normalized spacial score (nSPS) is 27.6. The zero-order valence-corrected chi connectivity index (χ0v) is 20.9. The first-order valence-corrected chi connectivity index (χ1v) is 13.3. The number of hydrogen-bond donors (Lipinski definition) is 1. The van der Waals surface area contributed by atoms with Gasteiger partial charge >= 0.3 is 5.97 Å². The molecule has 2 aromatic rings. The molecule has 186 valence electrons. The Labute approximate surface area is 208 Å². The van der Waals surface area contributed by atoms with Crippen molar-refractivity contribution in [1.82, 2.24) is 4.98 Å². The molecule has 6 nitrogen and oxygen atoms in total. The van der Waals surface area contributed by atoms with Gasteiger partial charge in [0.05, 0.1) is 18.5 Å². The van der Waals surface area contributed by atoms with Crippen LogP contribution in [0.15, 0.2) is 48.5 Å². The third-order valence-corrected chi connectivity index (χ3v) is 8.61. The largest absolute Gasteiger partial charge is 0.455 e. The van der Waals surface area contributed by atoms with Gasteiger partial charge in [-0.3, -0.25) is 9.59 Å². The van der Waals surface area contributed by atoms with Gasteiger partial charge in [-0.15, -0.1) is 0 Å². The molecule has 0 radical (unpaired) electrons. The van der Waals surface area contributed by atoms with Crippen molar-refractivity contribution in [1.29, 1.82) is 0 Å². The third-order valence-electron chi connectivity index (χ3n) is 8.61. The quantitative estimate of drug-likeness (QED) is 0.370. The Morgan fingerprint density at radius 1 is 1.00 bits per heavy atom. The molecule has 1 amide bonds. The summed E-state index contributed by atoms with van der Waals surface area (Å²) in [7, 11) is 0. The van der Waals surface area contributed by atoms with E-state index in [-0.39, 0.29) is 18.0 Å². The zero-order chi connectivity index (χ0) is 24.3. The molecule has 1 aromatic heterocycles. The van der Waals surface area contributed by atoms with Crippen LogP contribution in [0.3, 0.4) is 0 Å². The molecule has 1 unspecified atom stereocenters. The summed E-state index contributed by atoms with van der Waals surface area (Å²) in [5, 5.41) is 2.97. The van der Waals surface area contributed by atoms with E-state index in [1.165, 1.54) is 12.8 Å². The van der Waals surface area contributed by atoms with Crippen molar-refractivity contribution in [3.8, 4) is 0 Å². The van der Waals surface area contributed by atoms with E-state index in [0.717, 1.165) is 69.4 Å². The van der Waals surface area contributed by atoms with Gasteiger partial charge in [-0.25, -0.2) is 4.98 Å². The summed E-state index contributed by atoms with van der Waals surface area (Å²) in [6, 6.07) is 15.9. The molecule has 1 aromatic carbocycles. The summed E-state index contributed by atoms with van der Waals surface area (Å²) in [6.45, 7) is 4.99. The minimum absolute atomic E-state index is 0.0157. The molecule has 4 fully saturated rings. The number of nitrogens with one attached hydrogen (secondary N) is 1. The molecule has 2 bridgehead atoms. The number of rotatable bonds is 6. The third kappa shape index (κ3) is 5.13. The second-order valence-corrected chi connectivity index (χ2v) is 11.0. The van der Waals surface area contributed by atoms with Gasteiger partial charge in [0, 0.05) is 24.5 Å². The van der Waals surface area contributed by atoms with Gasteiger partial charge in [0.25, 0.3) is 5.91 Å². The van der Waals surface area contributed by atoms with Gasteiger partial charge < -0.3 is 14.5 Å². The lowest BCUT2D eigenvalue weighted by molar-refractivity contribution is -0.939. The molecule has 6 heteroatoms. The average molecular weight is 477 g/mol. The molecule has 1 aliphatic carbocycles. The van der Waals surface area contributed by atoms with Crippen LogP contribution < -0.4 is 5.32 Å². The maximum atomic E-state index is 13.9. The summed E-state index contributed by atoms with van der Waals surface area (Å²) >= 11 is 0. The van der Waals surface area contributed by atoms with E-state index in [0.29, 0.717) is 22.8 Å². The number of pyridine rings is 1. The maximum Gasteiger partial charge on any atom is 0.317 e. The van der Waals surface area contributed by atoms with E-state index in [1.807, 2.05) is 43.3 Å². The molecule has 4 aliphatic rings. The first-order chi connectivity index (χ1) is 17.0. The highest BCUT2D eigenvalue weighted by Crippen LogP contribution is 2.42. The van der Waals surface area contributed by atoms with Gasteiger partial charge in [0.15, 0.2) is 12.6 Å². The number of benzene rings is 1. The van der Waals surface area contributed by atoms with Crippen LogP contribution in [0.2, 0.25) is 0 Å². The summed E-state index contributed by atoms with van der Waals surface area (Å²) in [6.07, 6.45) is 8.10. The Kier molecular flexibility index (Phi) is 6.92. The van der Waals surface area contributed by atoms with Crippen LogP contribution in [-0.2, 0) is 19.7 Å². The second kappa shape index (κ2) is 10.1. The molecule has 1 atom stereocenters. The van der Waals surface area contributed by atoms with Crippen molar-refractivity contribution in [2.75, 3.05) is 31.5 Å². The first-order valence-electron chi connectivity index (χ1n) is 13.3. The molecular formula is C29H38N3O3+. The molecule has 1 N–H and O–H groups in total. The number of anilines is 1. The van der Waals surface area contributed by atoms with Gasteiger partial charge in [-0.05, 0) is 37.5 Å². The van der Waals surface area contributed by atoms with Crippen LogP contribution in [0.25, 0.3) is 0 Å². The van der Waals surface area contributed by atoms with E-state index in [4.69, 9.17) is 4.74 Å². The number of esters is 1. The van der Waals surface area contributed by atoms with Crippen molar-refractivity contribution < 1.29 is 18.8 Å². The average Bonchev–Trinajstić information content (AvgIpc) is 3.12. The standard InChI is InChI=1S/C29H37N3O3/c1-22-10-9-13-26(30-22)31-27(33)21-32-18-14-23(15-19-32)25(20-32)35-28(34)29(16-7-2-3-8-17-29)24-11-5-4-6-12-24/h4-6,9-13,23,25H,2-3,7-8,14-21H2,1H3/p+1. The van der Waals surface area contributed by atoms with Crippen molar-refractivity contribution in [2.45, 2.75) is 69.8 Å². The number of quaternary nitrogens is 1. The molecule has 3 saturated heterocycles. The van der Waals surface area contributed by atoms with Crippen LogP contribution in [-0.4, -0.2) is 53.6 Å². The fourth-order valence-corrected chi connectivity index (χ4v) is 6.63. The minimum atomic E-state index is -0.539. The lowest BCUT2D eigenvalue weighted by Gasteiger charge is -2.52. The van der Waals surface area contributed by atoms with Crippen LogP contribution in [0.4, 0.5) is 5.82 Å². The SMILES string of the molecule is Cc1cccc(NC(=O)C[N+]23CCC(CC2)C(OC(=O)C2(c4ccccc4)CCCCCC2)C3)n1. The monoisotopic (exact) mass is 476 g/mol. The van der Waals surface area contributed by atoms with Crippen molar-refractivity contribution in [3.05, 3.63) is 59.8 Å². The molecule has 0 spiro atoms. The van der Waals surface area contributed by atoms with Crippen LogP contribution in [0, 0.1) is 12.8 Å². The number of carbonyl (C=O) groups excluding carboxylic acids is 2. The molecule has 6 rings (SSSR count). The van der Waals surface area contributed by atoms with Crippen LogP contribution in [0.1, 0.15) is 62.6 Å². The zero-order valence-electron chi connectivity index (χ0n) is 20.9. The van der Waals surface area contributed by atoms with Crippen molar-refractivity contribution in [3.63, 3.8) is 0 Å². The fraction of sp³-hybridized carbons (Fsp3) is 0.552. The van der Waals surface area contributed by atoms with E-state index >= 15 is 0 Å². The van der Waals surface area contributed by atoms with E-state index in [1.54, 1.807) is 0 Å². The summed E-state index contributed by atoms with van der Waals surface area (Å²) < 4.78 is 7.12. The van der Waals surface area contributed by atoms with Crippen LogP contribution >= 0.6 is 0 Å². The highest BCUT2D eigenvalue weighted by Gasteiger charge is 2.51. The number of fused-ring (bicyclic) bond motifs is 3. The predicted molar refractivity (Wildman–Crippen MR) is 136 cm³/mol. The maximum absolute atomic E-state index is 13.9. The Bertz CT molecular complexity index is 1040. The number of carbonyl (C=O) groups is 2. The van der Waals surface area contributed by atoms with Crippen LogP contribution in [0.5, 0.6) is 0 Å². The Balaban J connectivity index is 1.29. The smallest absolute Gasteiger partial charge is 0.317 e. The lowest BCUT2D eigenvalue weighted by Crippen LogP contribution is -2.66. The number of piperidine rings is 3. The number of aryl methyl sites for hydroxylation is 1. The van der Waals surface area contributed by atoms with Gasteiger partial charge in [0.1, 0.15) is 12.4 Å². The van der Waals surface area contributed by atoms with Gasteiger partial charge in [0.2, 0.25) is 0 Å². The van der Waals surface area contributed by atoms with E-state index in [2.05, 4.69) is 22.4 Å². The number of ether oxygens (including phenoxy) is 1. The molecule has 4 heterocycles. The number of nitrogens with zero attached hydrogens (tertiary/aromatic N) is 2. The molecular weight excluding hydrogens is 438 g/mol. The van der Waals surface area contributed by atoms with Gasteiger partial charge in [-0.2, -0.15) is 0 Å². The lowest BCUT2D eigenvalue weighted by atomic mass is 9.74. The van der Waals surface area contributed by atoms with E-state index in [9.17, 15) is 9.59 Å². The van der Waals surface area contributed by atoms with Crippen molar-refractivity contribution in [2.24, 2.45) is 5.92 Å². The predicted octanol–water partition coefficient (Wildman–Crippen LogP) is 4.77. The first kappa shape index (κ1) is 24.0. The molecule has 1 saturated carbocycles. The molecule has 35 heavy (non-hydrogen) atoms. The number of amides is 1. The Hall–Kier alpha value is -2.73. The summed E-state index contributed by atoms with van der Waals surface area (Å²) in [5.41, 5.74) is 1.44. The summed E-state index contributed by atoms with van der Waals surface area (Å²) in [4.78, 5) is 31.3. The Morgan fingerprint density at radius 2 is 1.71 bits per heavy atom. The number of aromatic nitrogens is 1. The fourth-order valence-electron chi connectivity index (χ4n) is 6.63. The van der Waals surface area contributed by atoms with Crippen molar-refractivity contribution >= 4 is 17.7 Å². The Morgan fingerprint density at radius 3 is 2.40 bits per heavy atom. The second-order valence-electron chi connectivity index (χ2n) is 11.0. The topological polar surface area (TPSA) is 68.3 Å². The minimum Gasteiger partial charge on any atom is -0.455 e.